The number of hydrogen-bond donors (Lipinski definition) is 1. The van der Waals surface area contributed by atoms with Crippen molar-refractivity contribution in [2.24, 2.45) is 0 Å². The van der Waals surface area contributed by atoms with Gasteiger partial charge >= 0.3 is 0 Å². The molecule has 2 amide bonds. The molecule has 1 heterocycles. The molecule has 4 nitrogen and oxygen atoms in total. The Morgan fingerprint density at radius 2 is 1.71 bits per heavy atom. The molecule has 0 aliphatic carbocycles. The van der Waals surface area contributed by atoms with Crippen molar-refractivity contribution in [2.75, 3.05) is 6.54 Å². The van der Waals surface area contributed by atoms with E-state index in [4.69, 9.17) is 0 Å². The molecule has 1 aromatic carbocycles. The number of hydrogen-bond acceptors (Lipinski definition) is 3. The fourth-order valence-electron chi connectivity index (χ4n) is 1.92. The maximum Gasteiger partial charge on any atom is 0.261 e. The number of carbonyl (C=O) groups excluding carboxylic acids is 2. The first-order valence-corrected chi connectivity index (χ1v) is 5.78. The molecular weight excluding hydrogens is 218 g/mol. The van der Waals surface area contributed by atoms with Gasteiger partial charge in [-0.25, -0.2) is 0 Å². The van der Waals surface area contributed by atoms with Crippen molar-refractivity contribution in [2.45, 2.75) is 25.9 Å². The summed E-state index contributed by atoms with van der Waals surface area (Å²) in [7, 11) is 0. The fraction of sp³-hybridized carbons (Fsp3) is 0.385. The topological polar surface area (TPSA) is 57.6 Å². The molecule has 0 saturated heterocycles. The monoisotopic (exact) mass is 233 g/mol. The van der Waals surface area contributed by atoms with Crippen LogP contribution in [0.15, 0.2) is 24.3 Å². The molecule has 17 heavy (non-hydrogen) atoms. The predicted octanol–water partition coefficient (Wildman–Crippen LogP) is 1.44. The Balaban J connectivity index is 2.13. The van der Waals surface area contributed by atoms with Crippen LogP contribution in [0.2, 0.25) is 0 Å². The van der Waals surface area contributed by atoms with E-state index >= 15 is 0 Å². The van der Waals surface area contributed by atoms with Crippen LogP contribution in [-0.2, 0) is 0 Å². The predicted molar refractivity (Wildman–Crippen MR) is 62.7 cm³/mol. The third-order valence-corrected chi connectivity index (χ3v) is 3.04. The summed E-state index contributed by atoms with van der Waals surface area (Å²) < 4.78 is 0. The molecule has 0 saturated carbocycles. The molecule has 1 aliphatic rings. The van der Waals surface area contributed by atoms with Crippen LogP contribution in [0.4, 0.5) is 0 Å². The number of aliphatic hydroxyl groups excluding tert-OH is 1. The molecule has 1 aliphatic heterocycles. The molecule has 0 aromatic heterocycles. The Kier molecular flexibility index (Phi) is 3.24. The molecule has 0 bridgehead atoms. The van der Waals surface area contributed by atoms with Gasteiger partial charge < -0.3 is 5.11 Å². The van der Waals surface area contributed by atoms with Crippen LogP contribution in [0, 0.1) is 0 Å². The molecule has 4 heteroatoms. The Labute approximate surface area is 99.9 Å². The second-order valence-electron chi connectivity index (χ2n) is 4.16. The van der Waals surface area contributed by atoms with E-state index in [0.717, 1.165) is 0 Å². The average Bonchev–Trinajstić information content (AvgIpc) is 2.60. The number of aliphatic hydroxyl groups is 1. The first kappa shape index (κ1) is 11.8. The highest BCUT2D eigenvalue weighted by molar-refractivity contribution is 6.21. The van der Waals surface area contributed by atoms with Crippen LogP contribution in [-0.4, -0.2) is 34.5 Å². The molecule has 0 fully saturated rings. The average molecular weight is 233 g/mol. The van der Waals surface area contributed by atoms with Gasteiger partial charge in [-0.1, -0.05) is 19.1 Å². The van der Waals surface area contributed by atoms with Crippen molar-refractivity contribution in [3.63, 3.8) is 0 Å². The lowest BCUT2D eigenvalue weighted by Gasteiger charge is -2.15. The zero-order chi connectivity index (χ0) is 12.4. The molecule has 1 N–H and O–H groups in total. The van der Waals surface area contributed by atoms with Gasteiger partial charge in [0, 0.05) is 6.54 Å². The van der Waals surface area contributed by atoms with Crippen molar-refractivity contribution in [3.05, 3.63) is 35.4 Å². The Morgan fingerprint density at radius 1 is 1.18 bits per heavy atom. The summed E-state index contributed by atoms with van der Waals surface area (Å²) in [6.07, 6.45) is 0.602. The van der Waals surface area contributed by atoms with Gasteiger partial charge in [-0.3, -0.25) is 14.5 Å². The Hall–Kier alpha value is -1.68. The highest BCUT2D eigenvalue weighted by Crippen LogP contribution is 2.22. The number of amides is 2. The van der Waals surface area contributed by atoms with Gasteiger partial charge in [-0.15, -0.1) is 0 Å². The van der Waals surface area contributed by atoms with Crippen LogP contribution in [0.5, 0.6) is 0 Å². The van der Waals surface area contributed by atoms with E-state index in [1.165, 1.54) is 4.90 Å². The smallest absolute Gasteiger partial charge is 0.261 e. The quantitative estimate of drug-likeness (QED) is 0.801. The van der Waals surface area contributed by atoms with Gasteiger partial charge in [-0.2, -0.15) is 0 Å². The zero-order valence-electron chi connectivity index (χ0n) is 9.72. The zero-order valence-corrected chi connectivity index (χ0v) is 9.72. The summed E-state index contributed by atoms with van der Waals surface area (Å²) >= 11 is 0. The Morgan fingerprint density at radius 3 is 2.18 bits per heavy atom. The van der Waals surface area contributed by atoms with Gasteiger partial charge in [0.1, 0.15) is 0 Å². The highest BCUT2D eigenvalue weighted by atomic mass is 16.3. The minimum absolute atomic E-state index is 0.256. The number of carbonyl (C=O) groups is 2. The third kappa shape index (κ3) is 2.08. The van der Waals surface area contributed by atoms with Crippen molar-refractivity contribution in [1.29, 1.82) is 0 Å². The van der Waals surface area contributed by atoms with E-state index in [-0.39, 0.29) is 18.4 Å². The number of fused-ring (bicyclic) bond motifs is 1. The molecule has 1 unspecified atom stereocenters. The highest BCUT2D eigenvalue weighted by Gasteiger charge is 2.34. The Bertz CT molecular complexity index is 421. The second-order valence-corrected chi connectivity index (χ2v) is 4.16. The number of benzene rings is 1. The van der Waals surface area contributed by atoms with Gasteiger partial charge in [0.25, 0.3) is 11.8 Å². The summed E-state index contributed by atoms with van der Waals surface area (Å²) in [6, 6.07) is 6.81. The van der Waals surface area contributed by atoms with E-state index in [0.29, 0.717) is 24.0 Å². The fourth-order valence-corrected chi connectivity index (χ4v) is 1.92. The van der Waals surface area contributed by atoms with E-state index < -0.39 is 6.10 Å². The lowest BCUT2D eigenvalue weighted by Crippen LogP contribution is -2.32. The van der Waals surface area contributed by atoms with E-state index in [1.54, 1.807) is 24.3 Å². The van der Waals surface area contributed by atoms with Gasteiger partial charge in [0.2, 0.25) is 0 Å². The number of nitrogens with zero attached hydrogens (tertiary/aromatic N) is 1. The first-order chi connectivity index (χ1) is 8.15. The molecule has 1 atom stereocenters. The van der Waals surface area contributed by atoms with E-state index in [1.807, 2.05) is 6.92 Å². The molecule has 90 valence electrons. The molecule has 0 radical (unpaired) electrons. The first-order valence-electron chi connectivity index (χ1n) is 5.78. The molecule has 1 aromatic rings. The molecule has 0 spiro atoms. The summed E-state index contributed by atoms with van der Waals surface area (Å²) in [4.78, 5) is 25.1. The number of rotatable bonds is 4. The normalized spacial score (nSPS) is 16.2. The third-order valence-electron chi connectivity index (χ3n) is 3.04. The molecule has 2 rings (SSSR count). The molecular formula is C13H15NO3. The van der Waals surface area contributed by atoms with Crippen LogP contribution in [0.1, 0.15) is 40.5 Å². The van der Waals surface area contributed by atoms with Crippen molar-refractivity contribution in [3.8, 4) is 0 Å². The maximum absolute atomic E-state index is 11.9. The maximum atomic E-state index is 11.9. The van der Waals surface area contributed by atoms with Crippen molar-refractivity contribution >= 4 is 11.8 Å². The van der Waals surface area contributed by atoms with Crippen LogP contribution >= 0.6 is 0 Å². The minimum Gasteiger partial charge on any atom is -0.393 e. The lowest BCUT2D eigenvalue weighted by molar-refractivity contribution is 0.0621. The van der Waals surface area contributed by atoms with Crippen LogP contribution in [0.3, 0.4) is 0 Å². The van der Waals surface area contributed by atoms with Crippen molar-refractivity contribution < 1.29 is 14.7 Å². The van der Waals surface area contributed by atoms with Gasteiger partial charge in [-0.05, 0) is 25.0 Å². The van der Waals surface area contributed by atoms with E-state index in [2.05, 4.69) is 0 Å². The van der Waals surface area contributed by atoms with Gasteiger partial charge in [0.05, 0.1) is 17.2 Å². The lowest BCUT2D eigenvalue weighted by atomic mass is 10.1. The summed E-state index contributed by atoms with van der Waals surface area (Å²) in [5, 5.41) is 9.46. The number of imide groups is 1. The minimum atomic E-state index is -0.459. The van der Waals surface area contributed by atoms with Gasteiger partial charge in [0.15, 0.2) is 0 Å². The summed E-state index contributed by atoms with van der Waals surface area (Å²) in [5.41, 5.74) is 0.923. The SMILES string of the molecule is CCC(O)CCN1C(=O)c2ccccc2C1=O. The van der Waals surface area contributed by atoms with E-state index in [9.17, 15) is 14.7 Å². The summed E-state index contributed by atoms with van der Waals surface area (Å²) in [5.74, 6) is -0.511. The van der Waals surface area contributed by atoms with Crippen molar-refractivity contribution in [1.82, 2.24) is 4.90 Å². The standard InChI is InChI=1S/C13H15NO3/c1-2-9(15)7-8-14-12(16)10-5-3-4-6-11(10)13(14)17/h3-6,9,15H,2,7-8H2,1H3. The summed E-state index contributed by atoms with van der Waals surface area (Å²) in [6.45, 7) is 2.15. The van der Waals surface area contributed by atoms with Crippen LogP contribution < -0.4 is 0 Å². The second kappa shape index (κ2) is 4.67. The van der Waals surface area contributed by atoms with Crippen LogP contribution in [0.25, 0.3) is 0 Å². The largest absolute Gasteiger partial charge is 0.393 e.